The van der Waals surface area contributed by atoms with Gasteiger partial charge in [0.15, 0.2) is 23.0 Å². The van der Waals surface area contributed by atoms with Crippen LogP contribution in [0.25, 0.3) is 11.4 Å². The largest absolute Gasteiger partial charge is 0.454 e. The lowest BCUT2D eigenvalue weighted by Gasteiger charge is -2.28. The van der Waals surface area contributed by atoms with Gasteiger partial charge >= 0.3 is 0 Å². The number of unbranched alkanes of at least 4 members (excludes halogenated alkanes) is 1. The van der Waals surface area contributed by atoms with Crippen molar-refractivity contribution < 1.29 is 23.3 Å². The highest BCUT2D eigenvalue weighted by atomic mass is 19.1. The van der Waals surface area contributed by atoms with Crippen LogP contribution in [0, 0.1) is 12.7 Å². The number of imidazole rings is 1. The van der Waals surface area contributed by atoms with Gasteiger partial charge in [0, 0.05) is 25.2 Å². The molecule has 0 N–H and O–H groups in total. The minimum absolute atomic E-state index is 0.236. The van der Waals surface area contributed by atoms with Gasteiger partial charge < -0.3 is 28.4 Å². The molecule has 0 amide bonds. The maximum atomic E-state index is 14.2. The van der Waals surface area contributed by atoms with E-state index >= 15 is 0 Å². The molecule has 0 atom stereocenters. The smallest absolute Gasteiger partial charge is 0.231 e. The maximum absolute atomic E-state index is 14.2. The summed E-state index contributed by atoms with van der Waals surface area (Å²) in [5.41, 5.74) is 3.83. The topological polar surface area (TPSA) is 58.0 Å². The van der Waals surface area contributed by atoms with E-state index in [4.69, 9.17) is 23.9 Å². The van der Waals surface area contributed by atoms with Crippen LogP contribution in [0.1, 0.15) is 36.6 Å². The molecule has 0 unspecified atom stereocenters. The van der Waals surface area contributed by atoms with Gasteiger partial charge in [0.25, 0.3) is 0 Å². The Morgan fingerprint density at radius 3 is 2.08 bits per heavy atom. The molecule has 0 aliphatic carbocycles. The fourth-order valence-corrected chi connectivity index (χ4v) is 5.07. The molecule has 7 nitrogen and oxygen atoms in total. The first-order chi connectivity index (χ1) is 18.6. The fourth-order valence-electron chi connectivity index (χ4n) is 5.07. The number of rotatable bonds is 9. The first-order valence-corrected chi connectivity index (χ1v) is 12.9. The van der Waals surface area contributed by atoms with Gasteiger partial charge in [0.05, 0.1) is 5.69 Å². The fraction of sp³-hybridized carbons (Fsp3) is 0.300. The first kappa shape index (κ1) is 24.2. The number of halogens is 1. The van der Waals surface area contributed by atoms with Gasteiger partial charge in [-0.2, -0.15) is 0 Å². The van der Waals surface area contributed by atoms with Crippen molar-refractivity contribution >= 4 is 5.82 Å². The van der Waals surface area contributed by atoms with Gasteiger partial charge in [0.2, 0.25) is 13.6 Å². The summed E-state index contributed by atoms with van der Waals surface area (Å²) < 4.78 is 38.8. The third-order valence-electron chi connectivity index (χ3n) is 6.85. The lowest BCUT2D eigenvalue weighted by molar-refractivity contribution is 0.173. The van der Waals surface area contributed by atoms with Crippen molar-refractivity contribution in [1.82, 2.24) is 9.55 Å². The normalized spacial score (nSPS) is 13.2. The van der Waals surface area contributed by atoms with E-state index in [1.165, 1.54) is 6.07 Å². The molecular formula is C30H30FN3O4. The Bertz CT molecular complexity index is 1410. The molecular weight excluding hydrogens is 485 g/mol. The Morgan fingerprint density at radius 2 is 1.47 bits per heavy atom. The number of aromatic nitrogens is 2. The quantitative estimate of drug-likeness (QED) is 0.255. The molecule has 2 aliphatic heterocycles. The molecule has 2 aliphatic rings. The predicted molar refractivity (Wildman–Crippen MR) is 142 cm³/mol. The van der Waals surface area contributed by atoms with Crippen LogP contribution in [0.15, 0.2) is 60.7 Å². The van der Waals surface area contributed by atoms with E-state index in [0.29, 0.717) is 13.1 Å². The van der Waals surface area contributed by atoms with Gasteiger partial charge in [-0.15, -0.1) is 0 Å². The summed E-state index contributed by atoms with van der Waals surface area (Å²) in [6.07, 6.45) is 2.01. The molecule has 0 saturated carbocycles. The van der Waals surface area contributed by atoms with E-state index in [1.807, 2.05) is 37.3 Å². The van der Waals surface area contributed by atoms with Crippen molar-refractivity contribution in [3.63, 3.8) is 0 Å². The second-order valence-corrected chi connectivity index (χ2v) is 9.59. The van der Waals surface area contributed by atoms with Crippen LogP contribution in [0.4, 0.5) is 10.2 Å². The number of aryl methyl sites for hydroxylation is 1. The summed E-state index contributed by atoms with van der Waals surface area (Å²) in [5, 5.41) is 0. The number of ether oxygens (including phenoxy) is 4. The SMILES string of the molecule is CCCCn1c(-c2cccc(F)c2)nc(C)c1N(Cc1ccc2c(c1)OCO2)Cc1ccc2c(c1)OCO2. The lowest BCUT2D eigenvalue weighted by atomic mass is 10.1. The Morgan fingerprint density at radius 1 is 0.842 bits per heavy atom. The maximum Gasteiger partial charge on any atom is 0.231 e. The van der Waals surface area contributed by atoms with E-state index in [9.17, 15) is 4.39 Å². The van der Waals surface area contributed by atoms with E-state index in [1.54, 1.807) is 12.1 Å². The molecule has 0 fully saturated rings. The van der Waals surface area contributed by atoms with Gasteiger partial charge in [-0.3, -0.25) is 0 Å². The number of nitrogens with zero attached hydrogens (tertiary/aromatic N) is 3. The van der Waals surface area contributed by atoms with Crippen molar-refractivity contribution in [3.8, 4) is 34.4 Å². The van der Waals surface area contributed by atoms with Crippen LogP contribution in [-0.2, 0) is 19.6 Å². The number of hydrogen-bond donors (Lipinski definition) is 0. The molecule has 4 aromatic rings. The van der Waals surface area contributed by atoms with E-state index < -0.39 is 0 Å². The van der Waals surface area contributed by atoms with E-state index in [-0.39, 0.29) is 19.4 Å². The summed E-state index contributed by atoms with van der Waals surface area (Å²) in [6, 6.07) is 18.8. The zero-order chi connectivity index (χ0) is 26.1. The summed E-state index contributed by atoms with van der Waals surface area (Å²) in [5.74, 6) is 4.52. The lowest BCUT2D eigenvalue weighted by Crippen LogP contribution is -2.26. The summed E-state index contributed by atoms with van der Waals surface area (Å²) in [6.45, 7) is 6.67. The highest BCUT2D eigenvalue weighted by molar-refractivity contribution is 5.63. The van der Waals surface area contributed by atoms with Gasteiger partial charge in [-0.05, 0) is 60.9 Å². The minimum atomic E-state index is -0.274. The second-order valence-electron chi connectivity index (χ2n) is 9.59. The zero-order valence-electron chi connectivity index (χ0n) is 21.6. The molecule has 38 heavy (non-hydrogen) atoms. The molecule has 0 radical (unpaired) electrons. The Labute approximate surface area is 221 Å². The van der Waals surface area contributed by atoms with Crippen molar-refractivity contribution in [2.45, 2.75) is 46.3 Å². The van der Waals surface area contributed by atoms with Crippen LogP contribution in [0.5, 0.6) is 23.0 Å². The standard InChI is InChI=1S/C30H30FN3O4/c1-3-4-12-34-29(23-6-5-7-24(31)15-23)32-20(2)30(34)33(16-21-8-10-25-27(13-21)37-18-35-25)17-22-9-11-26-28(14-22)38-19-36-26/h5-11,13-15H,3-4,12,16-19H2,1-2H3. The molecule has 0 saturated heterocycles. The Kier molecular flexibility index (Phi) is 6.54. The molecule has 3 heterocycles. The van der Waals surface area contributed by atoms with Gasteiger partial charge in [0.1, 0.15) is 17.5 Å². The number of fused-ring (bicyclic) bond motifs is 2. The van der Waals surface area contributed by atoms with Crippen LogP contribution >= 0.6 is 0 Å². The van der Waals surface area contributed by atoms with Crippen LogP contribution in [-0.4, -0.2) is 23.1 Å². The summed E-state index contributed by atoms with van der Waals surface area (Å²) >= 11 is 0. The second kappa shape index (κ2) is 10.3. The van der Waals surface area contributed by atoms with Crippen LogP contribution in [0.3, 0.4) is 0 Å². The third-order valence-corrected chi connectivity index (χ3v) is 6.85. The highest BCUT2D eigenvalue weighted by Crippen LogP contribution is 2.37. The van der Waals surface area contributed by atoms with Crippen molar-refractivity contribution in [3.05, 3.63) is 83.3 Å². The monoisotopic (exact) mass is 515 g/mol. The average Bonchev–Trinajstić information content (AvgIpc) is 3.65. The molecule has 0 spiro atoms. The van der Waals surface area contributed by atoms with Gasteiger partial charge in [-0.1, -0.05) is 37.6 Å². The first-order valence-electron chi connectivity index (χ1n) is 12.9. The number of hydrogen-bond acceptors (Lipinski definition) is 6. The average molecular weight is 516 g/mol. The number of anilines is 1. The molecule has 0 bridgehead atoms. The summed E-state index contributed by atoms with van der Waals surface area (Å²) in [7, 11) is 0. The minimum Gasteiger partial charge on any atom is -0.454 e. The van der Waals surface area contributed by atoms with Crippen LogP contribution in [0.2, 0.25) is 0 Å². The third kappa shape index (κ3) is 4.74. The Hall–Kier alpha value is -4.20. The predicted octanol–water partition coefficient (Wildman–Crippen LogP) is 6.46. The summed E-state index contributed by atoms with van der Waals surface area (Å²) in [4.78, 5) is 7.28. The van der Waals surface area contributed by atoms with Crippen molar-refractivity contribution in [1.29, 1.82) is 0 Å². The molecule has 196 valence electrons. The van der Waals surface area contributed by atoms with Crippen molar-refractivity contribution in [2.24, 2.45) is 0 Å². The van der Waals surface area contributed by atoms with E-state index in [0.717, 1.165) is 76.4 Å². The van der Waals surface area contributed by atoms with Gasteiger partial charge in [-0.25, -0.2) is 9.37 Å². The van der Waals surface area contributed by atoms with Crippen LogP contribution < -0.4 is 23.8 Å². The molecule has 3 aromatic carbocycles. The molecule has 1 aromatic heterocycles. The molecule has 6 rings (SSSR count). The Balaban J connectivity index is 1.43. The molecule has 8 heteroatoms. The zero-order valence-corrected chi connectivity index (χ0v) is 21.6. The highest BCUT2D eigenvalue weighted by Gasteiger charge is 2.24. The van der Waals surface area contributed by atoms with E-state index in [2.05, 4.69) is 28.5 Å². The van der Waals surface area contributed by atoms with Crippen molar-refractivity contribution in [2.75, 3.05) is 18.5 Å². The number of benzene rings is 3.